The van der Waals surface area contributed by atoms with Gasteiger partial charge in [-0.25, -0.2) is 4.79 Å². The Balaban J connectivity index is 2.96. The van der Waals surface area contributed by atoms with Crippen LogP contribution >= 0.6 is 0 Å². The van der Waals surface area contributed by atoms with Crippen molar-refractivity contribution in [1.29, 1.82) is 0 Å². The second-order valence-electron chi connectivity index (χ2n) is 3.15. The molecule has 4 nitrogen and oxygen atoms in total. The highest BCUT2D eigenvalue weighted by atomic mass is 16.5. The largest absolute Gasteiger partial charge is 0.619 e. The van der Waals surface area contributed by atoms with Gasteiger partial charge in [0.05, 0.1) is 0 Å². The lowest BCUT2D eigenvalue weighted by Gasteiger charge is -2.04. The smallest absolute Gasteiger partial charge is 0.342 e. The van der Waals surface area contributed by atoms with E-state index in [1.807, 2.05) is 6.92 Å². The molecule has 1 aromatic heterocycles. The van der Waals surface area contributed by atoms with Gasteiger partial charge in [-0.2, -0.15) is 4.73 Å². The van der Waals surface area contributed by atoms with Gasteiger partial charge in [0.1, 0.15) is 5.56 Å². The van der Waals surface area contributed by atoms with E-state index in [9.17, 15) is 10.0 Å². The van der Waals surface area contributed by atoms with Crippen LogP contribution in [0.4, 0.5) is 0 Å². The lowest BCUT2D eigenvalue weighted by molar-refractivity contribution is -0.605. The number of hydrogen-bond acceptors (Lipinski definition) is 2. The molecule has 1 rings (SSSR count). The summed E-state index contributed by atoms with van der Waals surface area (Å²) in [6.07, 6.45) is 5.08. The summed E-state index contributed by atoms with van der Waals surface area (Å²) in [5.41, 5.74) is 0.836. The predicted molar refractivity (Wildman–Crippen MR) is 51.0 cm³/mol. The van der Waals surface area contributed by atoms with Gasteiger partial charge in [0.25, 0.3) is 0 Å². The molecule has 76 valence electrons. The minimum atomic E-state index is -1.04. The van der Waals surface area contributed by atoms with Gasteiger partial charge in [-0.15, -0.1) is 0 Å². The normalized spacial score (nSPS) is 10.1. The van der Waals surface area contributed by atoms with Gasteiger partial charge in [-0.05, 0) is 18.4 Å². The first-order valence-corrected chi connectivity index (χ1v) is 4.60. The first-order valence-electron chi connectivity index (χ1n) is 4.60. The Morgan fingerprint density at radius 2 is 2.36 bits per heavy atom. The van der Waals surface area contributed by atoms with Crippen molar-refractivity contribution in [3.05, 3.63) is 34.8 Å². The summed E-state index contributed by atoms with van der Waals surface area (Å²) >= 11 is 0. The highest BCUT2D eigenvalue weighted by molar-refractivity contribution is 5.88. The van der Waals surface area contributed by atoms with Crippen LogP contribution in [-0.4, -0.2) is 11.1 Å². The monoisotopic (exact) mass is 195 g/mol. The van der Waals surface area contributed by atoms with Crippen LogP contribution in [-0.2, 0) is 6.42 Å². The van der Waals surface area contributed by atoms with E-state index in [0.29, 0.717) is 11.2 Å². The average Bonchev–Trinajstić information content (AvgIpc) is 2.15. The number of aryl methyl sites for hydroxylation is 1. The number of carboxylic acids is 1. The summed E-state index contributed by atoms with van der Waals surface area (Å²) in [7, 11) is 0. The third-order valence-electron chi connectivity index (χ3n) is 2.06. The summed E-state index contributed by atoms with van der Waals surface area (Å²) in [4.78, 5) is 10.8. The topological polar surface area (TPSA) is 64.2 Å². The molecular formula is C10H13NO3. The van der Waals surface area contributed by atoms with Gasteiger partial charge in [-0.1, -0.05) is 13.3 Å². The number of carboxylic acid groups (broad SMARTS) is 1. The van der Waals surface area contributed by atoms with Crippen LogP contribution in [0.2, 0.25) is 0 Å². The van der Waals surface area contributed by atoms with Gasteiger partial charge in [-0.3, -0.25) is 0 Å². The molecule has 4 heteroatoms. The van der Waals surface area contributed by atoms with Crippen molar-refractivity contribution in [2.45, 2.75) is 26.2 Å². The summed E-state index contributed by atoms with van der Waals surface area (Å²) < 4.78 is 0.513. The van der Waals surface area contributed by atoms with Crippen LogP contribution in [0.15, 0.2) is 18.5 Å². The van der Waals surface area contributed by atoms with Crippen LogP contribution in [0, 0.1) is 5.21 Å². The molecule has 0 atom stereocenters. The molecule has 0 amide bonds. The van der Waals surface area contributed by atoms with Gasteiger partial charge < -0.3 is 10.3 Å². The number of unbranched alkanes of at least 4 members (excludes halogenated alkanes) is 1. The number of carbonyl (C=O) groups is 1. The highest BCUT2D eigenvalue weighted by Crippen LogP contribution is 2.09. The maximum absolute atomic E-state index is 10.9. The average molecular weight is 195 g/mol. The second-order valence-corrected chi connectivity index (χ2v) is 3.15. The van der Waals surface area contributed by atoms with Crippen molar-refractivity contribution in [2.24, 2.45) is 0 Å². The van der Waals surface area contributed by atoms with Crippen LogP contribution < -0.4 is 4.73 Å². The molecule has 1 N–H and O–H groups in total. The molecule has 0 bridgehead atoms. The van der Waals surface area contributed by atoms with E-state index in [1.54, 1.807) is 6.07 Å². The van der Waals surface area contributed by atoms with Gasteiger partial charge in [0.2, 0.25) is 0 Å². The molecule has 0 aliphatic carbocycles. The van der Waals surface area contributed by atoms with Crippen LogP contribution in [0.3, 0.4) is 0 Å². The van der Waals surface area contributed by atoms with Crippen molar-refractivity contribution in [3.63, 3.8) is 0 Å². The summed E-state index contributed by atoms with van der Waals surface area (Å²) in [5.74, 6) is -1.04. The van der Waals surface area contributed by atoms with E-state index in [2.05, 4.69) is 0 Å². The Morgan fingerprint density at radius 3 is 2.93 bits per heavy atom. The molecule has 0 aliphatic rings. The van der Waals surface area contributed by atoms with Gasteiger partial charge in [0.15, 0.2) is 12.4 Å². The molecule has 0 aliphatic heterocycles. The molecule has 0 unspecified atom stereocenters. The Bertz CT molecular complexity index is 336. The van der Waals surface area contributed by atoms with Crippen molar-refractivity contribution in [1.82, 2.24) is 0 Å². The lowest BCUT2D eigenvalue weighted by Crippen LogP contribution is -2.27. The van der Waals surface area contributed by atoms with Crippen molar-refractivity contribution in [2.75, 3.05) is 0 Å². The molecule has 0 aromatic carbocycles. The van der Waals surface area contributed by atoms with E-state index in [-0.39, 0.29) is 5.56 Å². The molecule has 0 saturated heterocycles. The van der Waals surface area contributed by atoms with E-state index < -0.39 is 5.97 Å². The van der Waals surface area contributed by atoms with Crippen LogP contribution in [0.25, 0.3) is 0 Å². The summed E-state index contributed by atoms with van der Waals surface area (Å²) in [5, 5.41) is 19.7. The number of hydrogen-bond donors (Lipinski definition) is 1. The quantitative estimate of drug-likeness (QED) is 0.582. The highest BCUT2D eigenvalue weighted by Gasteiger charge is 2.12. The van der Waals surface area contributed by atoms with E-state index in [4.69, 9.17) is 5.11 Å². The van der Waals surface area contributed by atoms with Crippen LogP contribution in [0.5, 0.6) is 0 Å². The molecule has 0 spiro atoms. The Labute approximate surface area is 82.4 Å². The zero-order chi connectivity index (χ0) is 10.6. The zero-order valence-electron chi connectivity index (χ0n) is 8.06. The number of aromatic nitrogens is 1. The van der Waals surface area contributed by atoms with Gasteiger partial charge in [0, 0.05) is 6.07 Å². The predicted octanol–water partition coefficient (Wildman–Crippen LogP) is 1.36. The third kappa shape index (κ3) is 2.45. The Morgan fingerprint density at radius 1 is 1.64 bits per heavy atom. The number of rotatable bonds is 4. The first-order chi connectivity index (χ1) is 6.65. The number of nitrogens with zero attached hydrogens (tertiary/aromatic N) is 1. The fraction of sp³-hybridized carbons (Fsp3) is 0.400. The lowest BCUT2D eigenvalue weighted by atomic mass is 10.0. The number of pyridine rings is 1. The number of aromatic carboxylic acids is 1. The fourth-order valence-electron chi connectivity index (χ4n) is 1.28. The van der Waals surface area contributed by atoms with Crippen molar-refractivity contribution < 1.29 is 14.6 Å². The van der Waals surface area contributed by atoms with E-state index >= 15 is 0 Å². The maximum atomic E-state index is 10.9. The zero-order valence-corrected chi connectivity index (χ0v) is 8.06. The summed E-state index contributed by atoms with van der Waals surface area (Å²) in [6, 6.07) is 1.58. The summed E-state index contributed by atoms with van der Waals surface area (Å²) in [6.45, 7) is 2.04. The molecule has 0 radical (unpaired) electrons. The first kappa shape index (κ1) is 10.5. The minimum Gasteiger partial charge on any atom is -0.619 e. The third-order valence-corrected chi connectivity index (χ3v) is 2.06. The van der Waals surface area contributed by atoms with Crippen molar-refractivity contribution >= 4 is 5.97 Å². The molecule has 0 fully saturated rings. The molecule has 1 heterocycles. The second kappa shape index (κ2) is 4.60. The Hall–Kier alpha value is -1.58. The standard InChI is InChI=1S/C10H13NO3/c1-2-3-4-8-5-6-11(14)7-9(8)10(12)13/h5-7H,2-4H2,1H3,(H,12,13). The van der Waals surface area contributed by atoms with Gasteiger partial charge >= 0.3 is 5.97 Å². The fourth-order valence-corrected chi connectivity index (χ4v) is 1.28. The van der Waals surface area contributed by atoms with Crippen molar-refractivity contribution in [3.8, 4) is 0 Å². The minimum absolute atomic E-state index is 0.107. The van der Waals surface area contributed by atoms with E-state index in [1.165, 1.54) is 6.20 Å². The van der Waals surface area contributed by atoms with E-state index in [0.717, 1.165) is 24.6 Å². The molecule has 14 heavy (non-hydrogen) atoms. The molecule has 0 saturated carbocycles. The Kier molecular flexibility index (Phi) is 3.45. The molecule has 1 aromatic rings. The van der Waals surface area contributed by atoms with Crippen LogP contribution in [0.1, 0.15) is 35.7 Å². The maximum Gasteiger partial charge on any atom is 0.342 e. The SMILES string of the molecule is CCCCc1cc[n+]([O-])cc1C(=O)O. The molecular weight excluding hydrogens is 182 g/mol.